The molecule has 2 atom stereocenters. The van der Waals surface area contributed by atoms with E-state index in [2.05, 4.69) is 5.32 Å². The van der Waals surface area contributed by atoms with Crippen LogP contribution in [0.5, 0.6) is 0 Å². The number of benzene rings is 2. The summed E-state index contributed by atoms with van der Waals surface area (Å²) in [4.78, 5) is 42.0. The van der Waals surface area contributed by atoms with Gasteiger partial charge in [0.1, 0.15) is 0 Å². The Hall–Kier alpha value is -2.86. The Morgan fingerprint density at radius 2 is 1.93 bits per heavy atom. The molecule has 1 N–H and O–H groups in total. The summed E-state index contributed by atoms with van der Waals surface area (Å²) in [7, 11) is 1.58. The lowest BCUT2D eigenvalue weighted by atomic mass is 9.95. The minimum absolute atomic E-state index is 0.169. The Morgan fingerprint density at radius 1 is 1.18 bits per heavy atom. The van der Waals surface area contributed by atoms with Crippen molar-refractivity contribution in [3.8, 4) is 0 Å². The molecule has 2 aliphatic rings. The Morgan fingerprint density at radius 3 is 2.68 bits per heavy atom. The van der Waals surface area contributed by atoms with E-state index in [0.717, 1.165) is 5.56 Å². The fraction of sp³-hybridized carbons (Fsp3) is 0.286. The number of nitrogens with zero attached hydrogens (tertiary/aromatic N) is 2. The molecule has 2 aromatic carbocycles. The van der Waals surface area contributed by atoms with Crippen LogP contribution >= 0.6 is 11.6 Å². The fourth-order valence-electron chi connectivity index (χ4n) is 4.10. The van der Waals surface area contributed by atoms with Crippen molar-refractivity contribution in [3.63, 3.8) is 0 Å². The van der Waals surface area contributed by atoms with E-state index in [4.69, 9.17) is 11.6 Å². The number of para-hydroxylation sites is 1. The number of hydrogen-bond donors (Lipinski definition) is 1. The number of carbonyl (C=O) groups is 3. The van der Waals surface area contributed by atoms with Crippen molar-refractivity contribution in [3.05, 3.63) is 64.7 Å². The second-order valence-corrected chi connectivity index (χ2v) is 7.61. The largest absolute Gasteiger partial charge is 0.346 e. The number of carbonyl (C=O) groups excluding carboxylic acids is 3. The first-order valence-electron chi connectivity index (χ1n) is 9.13. The maximum atomic E-state index is 13.4. The summed E-state index contributed by atoms with van der Waals surface area (Å²) >= 11 is 6.06. The van der Waals surface area contributed by atoms with E-state index < -0.39 is 5.66 Å². The zero-order valence-corrected chi connectivity index (χ0v) is 16.4. The molecule has 7 heteroatoms. The minimum atomic E-state index is -1.37. The van der Waals surface area contributed by atoms with Crippen molar-refractivity contribution in [1.29, 1.82) is 0 Å². The monoisotopic (exact) mass is 397 g/mol. The van der Waals surface area contributed by atoms with Crippen LogP contribution in [0.2, 0.25) is 5.02 Å². The van der Waals surface area contributed by atoms with Gasteiger partial charge in [-0.15, -0.1) is 0 Å². The van der Waals surface area contributed by atoms with E-state index in [-0.39, 0.29) is 36.6 Å². The quantitative estimate of drug-likeness (QED) is 0.865. The molecular weight excluding hydrogens is 378 g/mol. The van der Waals surface area contributed by atoms with E-state index in [9.17, 15) is 14.4 Å². The lowest BCUT2D eigenvalue weighted by Crippen LogP contribution is -2.69. The van der Waals surface area contributed by atoms with Crippen LogP contribution in [0.15, 0.2) is 48.5 Å². The van der Waals surface area contributed by atoms with Crippen molar-refractivity contribution < 1.29 is 14.4 Å². The lowest BCUT2D eigenvalue weighted by Gasteiger charge is -2.47. The minimum Gasteiger partial charge on any atom is -0.346 e. The van der Waals surface area contributed by atoms with E-state index in [1.165, 1.54) is 9.80 Å². The molecular formula is C21H20ClN3O3. The highest BCUT2D eigenvalue weighted by atomic mass is 35.5. The molecule has 4 rings (SSSR count). The van der Waals surface area contributed by atoms with Gasteiger partial charge in [-0.3, -0.25) is 19.3 Å². The molecule has 0 radical (unpaired) electrons. The third-order valence-electron chi connectivity index (χ3n) is 5.60. The summed E-state index contributed by atoms with van der Waals surface area (Å²) in [6.07, 6.45) is 0.446. The maximum absolute atomic E-state index is 13.4. The molecule has 6 nitrogen and oxygen atoms in total. The Bertz CT molecular complexity index is 992. The van der Waals surface area contributed by atoms with E-state index in [1.807, 2.05) is 19.1 Å². The van der Waals surface area contributed by atoms with Gasteiger partial charge in [0.15, 0.2) is 0 Å². The number of fused-ring (bicyclic) bond motifs is 3. The molecule has 0 aromatic heterocycles. The van der Waals surface area contributed by atoms with Crippen LogP contribution in [0, 0.1) is 0 Å². The predicted octanol–water partition coefficient (Wildman–Crippen LogP) is 3.13. The van der Waals surface area contributed by atoms with Gasteiger partial charge in [-0.1, -0.05) is 35.9 Å². The fourth-order valence-corrected chi connectivity index (χ4v) is 4.30. The number of hydrogen-bond acceptors (Lipinski definition) is 3. The summed E-state index contributed by atoms with van der Waals surface area (Å²) in [6, 6.07) is 13.8. The third kappa shape index (κ3) is 2.59. The van der Waals surface area contributed by atoms with Crippen LogP contribution in [-0.2, 0) is 9.59 Å². The number of rotatable bonds is 3. The summed E-state index contributed by atoms with van der Waals surface area (Å²) in [5.74, 6) is -0.819. The molecule has 2 aromatic rings. The predicted molar refractivity (Wildman–Crippen MR) is 106 cm³/mol. The molecule has 0 aliphatic carbocycles. The van der Waals surface area contributed by atoms with Crippen LogP contribution in [0.4, 0.5) is 5.69 Å². The topological polar surface area (TPSA) is 69.7 Å². The van der Waals surface area contributed by atoms with Gasteiger partial charge in [-0.05, 0) is 36.8 Å². The van der Waals surface area contributed by atoms with Crippen molar-refractivity contribution in [1.82, 2.24) is 10.2 Å². The van der Waals surface area contributed by atoms with E-state index in [0.29, 0.717) is 16.3 Å². The second-order valence-electron chi connectivity index (χ2n) is 7.18. The molecule has 1 fully saturated rings. The van der Waals surface area contributed by atoms with Gasteiger partial charge in [0.2, 0.25) is 11.6 Å². The average molecular weight is 398 g/mol. The first kappa shape index (κ1) is 18.5. The SMILES string of the molecule is C[C@@H](NC(=O)[C@]12CCC(=O)N1c1ccccc1C(=O)N2C)c1cccc(Cl)c1. The van der Waals surface area contributed by atoms with Crippen LogP contribution in [0.3, 0.4) is 0 Å². The molecule has 2 aliphatic heterocycles. The van der Waals surface area contributed by atoms with Crippen molar-refractivity contribution in [2.24, 2.45) is 0 Å². The summed E-state index contributed by atoms with van der Waals surface area (Å²) in [6.45, 7) is 1.85. The number of halogens is 1. The van der Waals surface area contributed by atoms with Gasteiger partial charge in [-0.25, -0.2) is 0 Å². The maximum Gasteiger partial charge on any atom is 0.267 e. The highest BCUT2D eigenvalue weighted by molar-refractivity contribution is 6.30. The van der Waals surface area contributed by atoms with E-state index in [1.54, 1.807) is 43.4 Å². The molecule has 144 valence electrons. The standard InChI is InChI=1S/C21H20ClN3O3/c1-13(14-6-5-7-15(22)12-14)23-20(28)21-11-10-18(26)25(21)17-9-4-3-8-16(17)19(27)24(21)2/h3-9,12-13H,10-11H2,1-2H3,(H,23,28)/t13-,21+/m1/s1. The van der Waals surface area contributed by atoms with Crippen molar-refractivity contribution in [2.75, 3.05) is 11.9 Å². The van der Waals surface area contributed by atoms with Gasteiger partial charge < -0.3 is 10.2 Å². The van der Waals surface area contributed by atoms with Crippen LogP contribution < -0.4 is 10.2 Å². The van der Waals surface area contributed by atoms with Crippen LogP contribution in [0.1, 0.15) is 41.7 Å². The highest BCUT2D eigenvalue weighted by Gasteiger charge is 2.59. The lowest BCUT2D eigenvalue weighted by molar-refractivity contribution is -0.133. The Balaban J connectivity index is 1.73. The van der Waals surface area contributed by atoms with Crippen molar-refractivity contribution >= 4 is 35.0 Å². The number of amides is 3. The number of nitrogens with one attached hydrogen (secondary N) is 1. The zero-order valence-electron chi connectivity index (χ0n) is 15.6. The summed E-state index contributed by atoms with van der Waals surface area (Å²) in [5, 5.41) is 3.55. The molecule has 3 amide bonds. The van der Waals surface area contributed by atoms with Gasteiger partial charge >= 0.3 is 0 Å². The molecule has 0 unspecified atom stereocenters. The average Bonchev–Trinajstić information content (AvgIpc) is 3.05. The van der Waals surface area contributed by atoms with Crippen LogP contribution in [0.25, 0.3) is 0 Å². The Labute approximate surface area is 168 Å². The van der Waals surface area contributed by atoms with Gasteiger partial charge in [0.05, 0.1) is 17.3 Å². The molecule has 0 spiro atoms. The summed E-state index contributed by atoms with van der Waals surface area (Å²) in [5.41, 5.74) is 0.388. The smallest absolute Gasteiger partial charge is 0.267 e. The summed E-state index contributed by atoms with van der Waals surface area (Å²) < 4.78 is 0. The van der Waals surface area contributed by atoms with Gasteiger partial charge in [0.25, 0.3) is 11.8 Å². The molecule has 0 bridgehead atoms. The Kier molecular flexibility index (Phi) is 4.38. The first-order chi connectivity index (χ1) is 13.4. The van der Waals surface area contributed by atoms with E-state index >= 15 is 0 Å². The number of likely N-dealkylation sites (N-methyl/N-ethyl adjacent to an activating group) is 1. The zero-order chi connectivity index (χ0) is 20.1. The van der Waals surface area contributed by atoms with Gasteiger partial charge in [0, 0.05) is 24.9 Å². The molecule has 28 heavy (non-hydrogen) atoms. The molecule has 0 saturated carbocycles. The van der Waals surface area contributed by atoms with Crippen molar-refractivity contribution in [2.45, 2.75) is 31.5 Å². The van der Waals surface area contributed by atoms with Crippen LogP contribution in [-0.4, -0.2) is 35.3 Å². The molecule has 1 saturated heterocycles. The first-order valence-corrected chi connectivity index (χ1v) is 9.51. The van der Waals surface area contributed by atoms with Gasteiger partial charge in [-0.2, -0.15) is 0 Å². The highest BCUT2D eigenvalue weighted by Crippen LogP contribution is 2.44. The second kappa shape index (κ2) is 6.63. The third-order valence-corrected chi connectivity index (χ3v) is 5.84. The molecule has 2 heterocycles. The normalized spacial score (nSPS) is 22.0. The number of anilines is 1.